The van der Waals surface area contributed by atoms with Crippen molar-refractivity contribution in [2.24, 2.45) is 11.8 Å². The van der Waals surface area contributed by atoms with Crippen LogP contribution < -0.4 is 10.1 Å². The fourth-order valence-corrected chi connectivity index (χ4v) is 3.85. The Morgan fingerprint density at radius 2 is 2.04 bits per heavy atom. The van der Waals surface area contributed by atoms with Crippen LogP contribution in [0.5, 0.6) is 5.75 Å². The number of hydrogen-bond acceptors (Lipinski definition) is 6. The molecule has 2 aromatic rings. The van der Waals surface area contributed by atoms with Gasteiger partial charge in [-0.2, -0.15) is 0 Å². The van der Waals surface area contributed by atoms with Gasteiger partial charge in [0.1, 0.15) is 5.75 Å². The van der Waals surface area contributed by atoms with Gasteiger partial charge in [-0.3, -0.25) is 4.79 Å². The minimum atomic E-state index is 0.0187. The standard InChI is InChI=1S/C19H25N3O3S/c1-12-5-4-6-16(13(12)2)20-17(23)11-26-19-22-21-18(25-19)14-7-9-15(24-3)10-8-14/h7-10,12-13,16H,4-6,11H2,1-3H3,(H,20,23)/t12-,13-,16-/m1/s1. The number of carbonyl (C=O) groups is 1. The molecule has 0 radical (unpaired) electrons. The summed E-state index contributed by atoms with van der Waals surface area (Å²) < 4.78 is 10.8. The van der Waals surface area contributed by atoms with E-state index in [9.17, 15) is 4.79 Å². The third-order valence-corrected chi connectivity index (χ3v) is 5.94. The maximum Gasteiger partial charge on any atom is 0.277 e. The zero-order chi connectivity index (χ0) is 18.5. The van der Waals surface area contributed by atoms with Crippen LogP contribution in [-0.2, 0) is 4.79 Å². The monoisotopic (exact) mass is 375 g/mol. The molecule has 1 aliphatic carbocycles. The van der Waals surface area contributed by atoms with Gasteiger partial charge in [0.15, 0.2) is 0 Å². The van der Waals surface area contributed by atoms with Crippen molar-refractivity contribution in [1.29, 1.82) is 0 Å². The molecule has 1 fully saturated rings. The second-order valence-electron chi connectivity index (χ2n) is 6.83. The van der Waals surface area contributed by atoms with Gasteiger partial charge in [-0.05, 0) is 42.5 Å². The van der Waals surface area contributed by atoms with Crippen LogP contribution in [0, 0.1) is 11.8 Å². The smallest absolute Gasteiger partial charge is 0.277 e. The van der Waals surface area contributed by atoms with Gasteiger partial charge in [0.25, 0.3) is 5.22 Å². The topological polar surface area (TPSA) is 77.2 Å². The first kappa shape index (κ1) is 18.8. The van der Waals surface area contributed by atoms with Crippen molar-refractivity contribution in [3.63, 3.8) is 0 Å². The molecule has 1 N–H and O–H groups in total. The van der Waals surface area contributed by atoms with Gasteiger partial charge in [0.05, 0.1) is 12.9 Å². The molecule has 1 aromatic carbocycles. The normalized spacial score (nSPS) is 22.8. The molecule has 1 aliphatic rings. The molecule has 3 atom stereocenters. The van der Waals surface area contributed by atoms with Crippen LogP contribution in [0.2, 0.25) is 0 Å². The highest BCUT2D eigenvalue weighted by Gasteiger charge is 2.28. The highest BCUT2D eigenvalue weighted by molar-refractivity contribution is 7.99. The molecule has 0 spiro atoms. The lowest BCUT2D eigenvalue weighted by atomic mass is 9.78. The lowest BCUT2D eigenvalue weighted by Gasteiger charge is -2.34. The molecular formula is C19H25N3O3S. The maximum atomic E-state index is 12.2. The number of nitrogens with one attached hydrogen (secondary N) is 1. The zero-order valence-corrected chi connectivity index (χ0v) is 16.2. The van der Waals surface area contributed by atoms with E-state index in [0.29, 0.717) is 22.9 Å². The summed E-state index contributed by atoms with van der Waals surface area (Å²) in [6.07, 6.45) is 3.49. The Morgan fingerprint density at radius 1 is 1.27 bits per heavy atom. The number of ether oxygens (including phenoxy) is 1. The molecule has 1 amide bonds. The number of rotatable bonds is 6. The van der Waals surface area contributed by atoms with Crippen molar-refractivity contribution >= 4 is 17.7 Å². The summed E-state index contributed by atoms with van der Waals surface area (Å²) in [6.45, 7) is 4.48. The molecule has 6 nitrogen and oxygen atoms in total. The van der Waals surface area contributed by atoms with E-state index < -0.39 is 0 Å². The number of nitrogens with zero attached hydrogens (tertiary/aromatic N) is 2. The van der Waals surface area contributed by atoms with Crippen molar-refractivity contribution in [3.8, 4) is 17.2 Å². The molecule has 7 heteroatoms. The quantitative estimate of drug-likeness (QED) is 0.774. The minimum absolute atomic E-state index is 0.0187. The van der Waals surface area contributed by atoms with Gasteiger partial charge in [0.2, 0.25) is 11.8 Å². The van der Waals surface area contributed by atoms with Crippen molar-refractivity contribution < 1.29 is 13.9 Å². The summed E-state index contributed by atoms with van der Waals surface area (Å²) in [5.41, 5.74) is 0.819. The van der Waals surface area contributed by atoms with Crippen LogP contribution in [0.3, 0.4) is 0 Å². The van der Waals surface area contributed by atoms with E-state index in [2.05, 4.69) is 29.4 Å². The number of hydrogen-bond donors (Lipinski definition) is 1. The molecule has 0 bridgehead atoms. The second-order valence-corrected chi connectivity index (χ2v) is 7.76. The molecule has 26 heavy (non-hydrogen) atoms. The van der Waals surface area contributed by atoms with Crippen LogP contribution >= 0.6 is 11.8 Å². The van der Waals surface area contributed by atoms with Crippen LogP contribution in [0.25, 0.3) is 11.5 Å². The number of aromatic nitrogens is 2. The summed E-state index contributed by atoms with van der Waals surface area (Å²) in [5, 5.41) is 11.6. The summed E-state index contributed by atoms with van der Waals surface area (Å²) in [5.74, 6) is 2.68. The Labute approximate surface area is 158 Å². The van der Waals surface area contributed by atoms with Crippen LogP contribution in [0.1, 0.15) is 33.1 Å². The molecule has 0 aliphatic heterocycles. The van der Waals surface area contributed by atoms with E-state index >= 15 is 0 Å². The minimum Gasteiger partial charge on any atom is -0.497 e. The largest absolute Gasteiger partial charge is 0.497 e. The number of carbonyl (C=O) groups excluding carboxylic acids is 1. The highest BCUT2D eigenvalue weighted by Crippen LogP contribution is 2.30. The Hall–Kier alpha value is -2.02. The van der Waals surface area contributed by atoms with E-state index in [1.54, 1.807) is 7.11 Å². The number of thioether (sulfide) groups is 1. The Morgan fingerprint density at radius 3 is 2.77 bits per heavy atom. The van der Waals surface area contributed by atoms with Gasteiger partial charge in [-0.15, -0.1) is 10.2 Å². The molecule has 1 heterocycles. The zero-order valence-electron chi connectivity index (χ0n) is 15.4. The third-order valence-electron chi connectivity index (χ3n) is 5.12. The maximum absolute atomic E-state index is 12.2. The second kappa shape index (κ2) is 8.58. The molecule has 140 valence electrons. The van der Waals surface area contributed by atoms with Gasteiger partial charge in [-0.1, -0.05) is 38.5 Å². The number of benzene rings is 1. The molecule has 0 unspecified atom stereocenters. The van der Waals surface area contributed by atoms with E-state index in [4.69, 9.17) is 9.15 Å². The van der Waals surface area contributed by atoms with Crippen molar-refractivity contribution in [2.75, 3.05) is 12.9 Å². The van der Waals surface area contributed by atoms with E-state index in [1.807, 2.05) is 24.3 Å². The fourth-order valence-electron chi connectivity index (χ4n) is 3.28. The summed E-state index contributed by atoms with van der Waals surface area (Å²) in [7, 11) is 1.62. The van der Waals surface area contributed by atoms with Crippen molar-refractivity contribution in [3.05, 3.63) is 24.3 Å². The average Bonchev–Trinajstić information content (AvgIpc) is 3.13. The molecule has 3 rings (SSSR count). The van der Waals surface area contributed by atoms with Crippen LogP contribution in [0.4, 0.5) is 0 Å². The Balaban J connectivity index is 1.51. The number of amides is 1. The molecular weight excluding hydrogens is 350 g/mol. The SMILES string of the molecule is COc1ccc(-c2nnc(SCC(=O)N[C@@H]3CCC[C@@H](C)[C@H]3C)o2)cc1. The van der Waals surface area contributed by atoms with Crippen molar-refractivity contribution in [2.45, 2.75) is 44.4 Å². The predicted octanol–water partition coefficient (Wildman–Crippen LogP) is 3.78. The van der Waals surface area contributed by atoms with E-state index in [1.165, 1.54) is 24.6 Å². The third kappa shape index (κ3) is 4.58. The first-order valence-corrected chi connectivity index (χ1v) is 9.95. The van der Waals surface area contributed by atoms with Gasteiger partial charge >= 0.3 is 0 Å². The highest BCUT2D eigenvalue weighted by atomic mass is 32.2. The first-order chi connectivity index (χ1) is 12.6. The Bertz CT molecular complexity index is 732. The van der Waals surface area contributed by atoms with Crippen molar-refractivity contribution in [1.82, 2.24) is 15.5 Å². The van der Waals surface area contributed by atoms with Gasteiger partial charge in [0, 0.05) is 11.6 Å². The molecule has 0 saturated heterocycles. The summed E-state index contributed by atoms with van der Waals surface area (Å²) in [6, 6.07) is 7.67. The van der Waals surface area contributed by atoms with Crippen LogP contribution in [-0.4, -0.2) is 35.0 Å². The molecule has 1 saturated carbocycles. The lowest BCUT2D eigenvalue weighted by molar-refractivity contribution is -0.120. The first-order valence-electron chi connectivity index (χ1n) is 8.97. The molecule has 1 aromatic heterocycles. The summed E-state index contributed by atoms with van der Waals surface area (Å²) in [4.78, 5) is 12.2. The fraction of sp³-hybridized carbons (Fsp3) is 0.526. The van der Waals surface area contributed by atoms with E-state index in [0.717, 1.165) is 17.7 Å². The van der Waals surface area contributed by atoms with Gasteiger partial charge < -0.3 is 14.5 Å². The lowest BCUT2D eigenvalue weighted by Crippen LogP contribution is -2.44. The predicted molar refractivity (Wildman–Crippen MR) is 101 cm³/mol. The summed E-state index contributed by atoms with van der Waals surface area (Å²) >= 11 is 1.27. The Kier molecular flexibility index (Phi) is 6.19. The van der Waals surface area contributed by atoms with Gasteiger partial charge in [-0.25, -0.2) is 0 Å². The van der Waals surface area contributed by atoms with E-state index in [-0.39, 0.29) is 17.7 Å². The van der Waals surface area contributed by atoms with Crippen LogP contribution in [0.15, 0.2) is 33.9 Å². The average molecular weight is 375 g/mol. The number of methoxy groups -OCH3 is 1.